The molecule has 0 aromatic heterocycles. The summed E-state index contributed by atoms with van der Waals surface area (Å²) in [6.07, 6.45) is 4.58. The van der Waals surface area contributed by atoms with Crippen molar-refractivity contribution in [2.24, 2.45) is 4.99 Å². The maximum absolute atomic E-state index is 12.3. The average Bonchev–Trinajstić information content (AvgIpc) is 3.33. The van der Waals surface area contributed by atoms with Crippen LogP contribution in [0.4, 0.5) is 5.69 Å². The molecule has 3 aromatic rings. The Balaban J connectivity index is 1.31. The summed E-state index contributed by atoms with van der Waals surface area (Å²) in [7, 11) is 0. The van der Waals surface area contributed by atoms with E-state index in [1.165, 1.54) is 11.1 Å². The average molecular weight is 646 g/mol. The van der Waals surface area contributed by atoms with Crippen LogP contribution in [0.3, 0.4) is 0 Å². The van der Waals surface area contributed by atoms with Crippen LogP contribution in [0, 0.1) is 0 Å². The van der Waals surface area contributed by atoms with Gasteiger partial charge >= 0.3 is 5.97 Å². The molecule has 1 fully saturated rings. The van der Waals surface area contributed by atoms with Gasteiger partial charge in [-0.05, 0) is 89.4 Å². The molecule has 0 saturated carbocycles. The van der Waals surface area contributed by atoms with Gasteiger partial charge in [0, 0.05) is 64.7 Å². The number of nitrogens with zero attached hydrogens (tertiary/aromatic N) is 3. The van der Waals surface area contributed by atoms with Gasteiger partial charge < -0.3 is 19.2 Å². The molecular formula is C39H39N3O6. The van der Waals surface area contributed by atoms with Crippen LogP contribution in [0.5, 0.6) is 17.2 Å². The Labute approximate surface area is 279 Å². The van der Waals surface area contributed by atoms with Gasteiger partial charge in [-0.3, -0.25) is 14.6 Å². The highest BCUT2D eigenvalue weighted by Gasteiger charge is 2.34. The SMILES string of the molecule is CCN1c2cc3c(cc2C(C)=CC1(C)C)C(c1ccc(OCC(=O)ON2C(=O)CCC2=O)cc1)=c1cc2c(cc1O3)=NC(C)(C)C=C2C. The molecule has 0 aliphatic carbocycles. The first-order chi connectivity index (χ1) is 22.7. The predicted molar refractivity (Wildman–Crippen MR) is 183 cm³/mol. The molecule has 0 radical (unpaired) electrons. The molecular weight excluding hydrogens is 606 g/mol. The van der Waals surface area contributed by atoms with Crippen molar-refractivity contribution in [2.45, 2.75) is 72.4 Å². The number of carbonyl (C=O) groups excluding carboxylic acids is 3. The number of imide groups is 1. The van der Waals surface area contributed by atoms with E-state index < -0.39 is 24.4 Å². The molecule has 1 saturated heterocycles. The molecule has 0 bridgehead atoms. The summed E-state index contributed by atoms with van der Waals surface area (Å²) in [5.74, 6) is 0.0616. The maximum atomic E-state index is 12.3. The van der Waals surface area contributed by atoms with Crippen LogP contribution in [-0.2, 0) is 19.2 Å². The fourth-order valence-electron chi connectivity index (χ4n) is 7.39. The minimum atomic E-state index is -0.830. The van der Waals surface area contributed by atoms with Crippen molar-refractivity contribution in [3.63, 3.8) is 0 Å². The van der Waals surface area contributed by atoms with Crippen molar-refractivity contribution < 1.29 is 28.7 Å². The second kappa shape index (κ2) is 11.2. The zero-order valence-corrected chi connectivity index (χ0v) is 28.4. The summed E-state index contributed by atoms with van der Waals surface area (Å²) in [6, 6.07) is 16.1. The van der Waals surface area contributed by atoms with Gasteiger partial charge in [0.15, 0.2) is 6.61 Å². The van der Waals surface area contributed by atoms with Crippen molar-refractivity contribution in [3.8, 4) is 17.2 Å². The van der Waals surface area contributed by atoms with Gasteiger partial charge in [0.2, 0.25) is 0 Å². The molecule has 4 aliphatic heterocycles. The lowest BCUT2D eigenvalue weighted by Crippen LogP contribution is -2.45. The highest BCUT2D eigenvalue weighted by Crippen LogP contribution is 2.46. The Hall–Kier alpha value is -5.18. The fraction of sp³-hybridized carbons (Fsp3) is 0.333. The molecule has 4 aliphatic rings. The Morgan fingerprint density at radius 3 is 2.25 bits per heavy atom. The van der Waals surface area contributed by atoms with E-state index in [1.54, 1.807) is 12.1 Å². The topological polar surface area (TPSA) is 97.7 Å². The summed E-state index contributed by atoms with van der Waals surface area (Å²) >= 11 is 0. The number of anilines is 1. The van der Waals surface area contributed by atoms with Gasteiger partial charge in [-0.2, -0.15) is 0 Å². The third kappa shape index (κ3) is 5.37. The number of rotatable bonds is 6. The van der Waals surface area contributed by atoms with Gasteiger partial charge in [-0.15, -0.1) is 5.06 Å². The normalized spacial score (nSPS) is 18.4. The van der Waals surface area contributed by atoms with Crippen LogP contribution in [0.25, 0.3) is 16.7 Å². The minimum Gasteiger partial charge on any atom is -0.482 e. The molecule has 246 valence electrons. The third-order valence-electron chi connectivity index (χ3n) is 9.35. The zero-order chi connectivity index (χ0) is 34.1. The number of hydrogen-bond acceptors (Lipinski definition) is 8. The number of carbonyl (C=O) groups is 3. The predicted octanol–water partition coefficient (Wildman–Crippen LogP) is 5.86. The number of hydroxylamine groups is 2. The van der Waals surface area contributed by atoms with E-state index >= 15 is 0 Å². The van der Waals surface area contributed by atoms with Crippen molar-refractivity contribution in [1.29, 1.82) is 0 Å². The van der Waals surface area contributed by atoms with Crippen LogP contribution in [-0.4, -0.2) is 47.1 Å². The van der Waals surface area contributed by atoms with Crippen LogP contribution < -0.4 is 24.9 Å². The molecule has 0 spiro atoms. The summed E-state index contributed by atoms with van der Waals surface area (Å²) in [5, 5.41) is 2.39. The first-order valence-electron chi connectivity index (χ1n) is 16.4. The highest BCUT2D eigenvalue weighted by atomic mass is 16.7. The monoisotopic (exact) mass is 645 g/mol. The Kier molecular flexibility index (Phi) is 7.34. The van der Waals surface area contributed by atoms with Gasteiger partial charge in [-0.1, -0.05) is 24.3 Å². The summed E-state index contributed by atoms with van der Waals surface area (Å²) in [4.78, 5) is 48.3. The molecule has 0 N–H and O–H groups in total. The van der Waals surface area contributed by atoms with E-state index in [0.29, 0.717) is 10.8 Å². The quantitative estimate of drug-likeness (QED) is 0.242. The van der Waals surface area contributed by atoms with E-state index in [-0.39, 0.29) is 23.9 Å². The second-order valence-corrected chi connectivity index (χ2v) is 13.9. The lowest BCUT2D eigenvalue weighted by atomic mass is 9.84. The van der Waals surface area contributed by atoms with E-state index in [2.05, 4.69) is 89.8 Å². The van der Waals surface area contributed by atoms with E-state index in [0.717, 1.165) is 62.1 Å². The van der Waals surface area contributed by atoms with Gasteiger partial charge in [0.25, 0.3) is 11.8 Å². The Morgan fingerprint density at radius 1 is 0.875 bits per heavy atom. The van der Waals surface area contributed by atoms with Crippen LogP contribution in [0.2, 0.25) is 0 Å². The standard InChI is InChI=1S/C39H39N3O6/c1-8-41-31-18-33-29(16-27(31)23(3)20-39(41,6)7)37(28-15-26-22(2)19-38(4,5)40-30(26)17-32(28)47-33)24-9-11-25(12-10-24)46-21-36(45)48-42-34(43)13-14-35(42)44/h9-12,15-20H,8,13-14,21H2,1-7H3. The first kappa shape index (κ1) is 31.4. The molecule has 4 heterocycles. The van der Waals surface area contributed by atoms with E-state index in [9.17, 15) is 14.4 Å². The second-order valence-electron chi connectivity index (χ2n) is 13.9. The number of fused-ring (bicyclic) bond motifs is 4. The van der Waals surface area contributed by atoms with Crippen LogP contribution in [0.15, 0.2) is 65.7 Å². The lowest BCUT2D eigenvalue weighted by molar-refractivity contribution is -0.198. The largest absolute Gasteiger partial charge is 0.482 e. The van der Waals surface area contributed by atoms with E-state index in [4.69, 9.17) is 19.3 Å². The van der Waals surface area contributed by atoms with Crippen molar-refractivity contribution in [2.75, 3.05) is 18.1 Å². The van der Waals surface area contributed by atoms with Crippen LogP contribution in [0.1, 0.15) is 83.6 Å². The molecule has 0 unspecified atom stereocenters. The molecule has 7 rings (SSSR count). The molecule has 0 atom stereocenters. The molecule has 9 heteroatoms. The van der Waals surface area contributed by atoms with Gasteiger partial charge in [0.1, 0.15) is 17.2 Å². The number of benzene rings is 3. The van der Waals surface area contributed by atoms with E-state index in [1.807, 2.05) is 12.1 Å². The number of amides is 2. The van der Waals surface area contributed by atoms with Crippen molar-refractivity contribution in [1.82, 2.24) is 5.06 Å². The Morgan fingerprint density at radius 2 is 1.56 bits per heavy atom. The van der Waals surface area contributed by atoms with Crippen LogP contribution >= 0.6 is 0 Å². The summed E-state index contributed by atoms with van der Waals surface area (Å²) < 4.78 is 12.4. The number of hydrogen-bond donors (Lipinski definition) is 0. The molecule has 9 nitrogen and oxygen atoms in total. The summed E-state index contributed by atoms with van der Waals surface area (Å²) in [6.45, 7) is 15.5. The summed E-state index contributed by atoms with van der Waals surface area (Å²) in [5.41, 5.74) is 8.24. The smallest absolute Gasteiger partial charge is 0.370 e. The van der Waals surface area contributed by atoms with Crippen molar-refractivity contribution >= 4 is 40.2 Å². The fourth-order valence-corrected chi connectivity index (χ4v) is 7.39. The number of allylic oxidation sites excluding steroid dienone is 2. The minimum absolute atomic E-state index is 0.0312. The van der Waals surface area contributed by atoms with Crippen molar-refractivity contribution in [3.05, 3.63) is 93.5 Å². The highest BCUT2D eigenvalue weighted by molar-refractivity contribution is 6.01. The number of likely N-dealkylation sites (N-methyl/N-ethyl adjacent to an activating group) is 1. The zero-order valence-electron chi connectivity index (χ0n) is 28.4. The molecule has 2 amide bonds. The lowest BCUT2D eigenvalue weighted by Gasteiger charge is -2.43. The van der Waals surface area contributed by atoms with Gasteiger partial charge in [0.05, 0.1) is 16.4 Å². The molecule has 48 heavy (non-hydrogen) atoms. The third-order valence-corrected chi connectivity index (χ3v) is 9.35. The first-order valence-corrected chi connectivity index (χ1v) is 16.4. The maximum Gasteiger partial charge on any atom is 0.370 e. The van der Waals surface area contributed by atoms with Gasteiger partial charge in [-0.25, -0.2) is 4.79 Å². The Bertz CT molecular complexity index is 2090. The molecule has 3 aromatic carbocycles. The number of ether oxygens (including phenoxy) is 2.